The first-order valence-electron chi connectivity index (χ1n) is 7.38. The number of anilines is 2. The van der Waals surface area contributed by atoms with Gasteiger partial charge in [-0.2, -0.15) is 0 Å². The second-order valence-electron chi connectivity index (χ2n) is 5.22. The molecule has 0 saturated carbocycles. The number of nitrogens with one attached hydrogen (secondary N) is 1. The zero-order valence-corrected chi connectivity index (χ0v) is 15.3. The number of nitrogens with zero attached hydrogens (tertiary/aromatic N) is 1. The molecule has 8 heteroatoms. The Balaban J connectivity index is 2.37. The molecule has 2 rings (SSSR count). The van der Waals surface area contributed by atoms with Gasteiger partial charge < -0.3 is 14.8 Å². The molecule has 0 spiro atoms. The van der Waals surface area contributed by atoms with E-state index in [2.05, 4.69) is 5.32 Å². The van der Waals surface area contributed by atoms with Crippen molar-refractivity contribution in [3.8, 4) is 11.5 Å². The normalized spacial score (nSPS) is 10.9. The number of hydrogen-bond acceptors (Lipinski definition) is 5. The van der Waals surface area contributed by atoms with Crippen LogP contribution in [-0.4, -0.2) is 35.6 Å². The lowest BCUT2D eigenvalue weighted by molar-refractivity contribution is -0.114. The van der Waals surface area contributed by atoms with Crippen molar-refractivity contribution in [3.05, 3.63) is 42.5 Å². The highest BCUT2D eigenvalue weighted by atomic mass is 32.2. The van der Waals surface area contributed by atoms with E-state index in [9.17, 15) is 13.2 Å². The molecule has 2 aromatic carbocycles. The summed E-state index contributed by atoms with van der Waals surface area (Å²) in [6.45, 7) is 1.38. The fourth-order valence-corrected chi connectivity index (χ4v) is 3.45. The van der Waals surface area contributed by atoms with E-state index in [1.807, 2.05) is 0 Å². The Bertz CT molecular complexity index is 863. The predicted molar refractivity (Wildman–Crippen MR) is 95.9 cm³/mol. The molecule has 1 amide bonds. The molecule has 25 heavy (non-hydrogen) atoms. The van der Waals surface area contributed by atoms with Gasteiger partial charge in [0, 0.05) is 25.7 Å². The number of rotatable bonds is 6. The number of carbonyl (C=O) groups excluding carboxylic acids is 1. The van der Waals surface area contributed by atoms with E-state index in [0.717, 1.165) is 4.31 Å². The van der Waals surface area contributed by atoms with Gasteiger partial charge in [0.2, 0.25) is 5.91 Å². The number of hydrogen-bond donors (Lipinski definition) is 1. The third-order valence-corrected chi connectivity index (χ3v) is 5.34. The van der Waals surface area contributed by atoms with Gasteiger partial charge in [-0.15, -0.1) is 0 Å². The standard InChI is InChI=1S/C17H20N2O5S/c1-12(20)18-13-5-8-15(9-6-13)25(21,22)19(2)16-10-7-14(23-3)11-17(16)24-4/h5-11H,1-4H3,(H,18,20). The zero-order chi connectivity index (χ0) is 18.6. The Hall–Kier alpha value is -2.74. The summed E-state index contributed by atoms with van der Waals surface area (Å²) in [5.41, 5.74) is 0.908. The molecule has 0 aliphatic rings. The number of methoxy groups -OCH3 is 2. The summed E-state index contributed by atoms with van der Waals surface area (Å²) in [5.74, 6) is 0.710. The molecule has 0 atom stereocenters. The van der Waals surface area contributed by atoms with Gasteiger partial charge in [0.15, 0.2) is 0 Å². The molecule has 1 N–H and O–H groups in total. The molecular weight excluding hydrogens is 344 g/mol. The molecule has 0 radical (unpaired) electrons. The van der Waals surface area contributed by atoms with E-state index >= 15 is 0 Å². The van der Waals surface area contributed by atoms with Crippen LogP contribution in [0.3, 0.4) is 0 Å². The fraction of sp³-hybridized carbons (Fsp3) is 0.235. The molecule has 0 heterocycles. The van der Waals surface area contributed by atoms with Crippen LogP contribution in [0.15, 0.2) is 47.4 Å². The molecule has 0 aromatic heterocycles. The summed E-state index contributed by atoms with van der Waals surface area (Å²) >= 11 is 0. The lowest BCUT2D eigenvalue weighted by Gasteiger charge is -2.22. The lowest BCUT2D eigenvalue weighted by atomic mass is 10.3. The maximum atomic E-state index is 12.8. The summed E-state index contributed by atoms with van der Waals surface area (Å²) in [6, 6.07) is 10.8. The average molecular weight is 364 g/mol. The van der Waals surface area contributed by atoms with Crippen molar-refractivity contribution in [2.75, 3.05) is 30.9 Å². The molecule has 2 aromatic rings. The van der Waals surface area contributed by atoms with Gasteiger partial charge in [0.05, 0.1) is 24.8 Å². The van der Waals surface area contributed by atoms with Crippen LogP contribution in [0.5, 0.6) is 11.5 Å². The number of carbonyl (C=O) groups is 1. The summed E-state index contributed by atoms with van der Waals surface area (Å²) in [7, 11) is 0.635. The van der Waals surface area contributed by atoms with E-state index < -0.39 is 10.0 Å². The van der Waals surface area contributed by atoms with Crippen molar-refractivity contribution in [1.82, 2.24) is 0 Å². The molecule has 0 saturated heterocycles. The fourth-order valence-electron chi connectivity index (χ4n) is 2.25. The Kier molecular flexibility index (Phi) is 5.53. The number of amides is 1. The summed E-state index contributed by atoms with van der Waals surface area (Å²) in [5, 5.41) is 2.59. The van der Waals surface area contributed by atoms with Gasteiger partial charge in [-0.1, -0.05) is 0 Å². The highest BCUT2D eigenvalue weighted by Gasteiger charge is 2.24. The van der Waals surface area contributed by atoms with Crippen LogP contribution in [0, 0.1) is 0 Å². The summed E-state index contributed by atoms with van der Waals surface area (Å²) < 4.78 is 37.2. The molecule has 0 unspecified atom stereocenters. The van der Waals surface area contributed by atoms with Gasteiger partial charge in [0.25, 0.3) is 10.0 Å². The second-order valence-corrected chi connectivity index (χ2v) is 7.19. The minimum atomic E-state index is -3.79. The summed E-state index contributed by atoms with van der Waals surface area (Å²) in [4.78, 5) is 11.1. The lowest BCUT2D eigenvalue weighted by Crippen LogP contribution is -2.27. The van der Waals surface area contributed by atoms with Crippen molar-refractivity contribution in [3.63, 3.8) is 0 Å². The molecule has 0 aliphatic heterocycles. The van der Waals surface area contributed by atoms with Crippen molar-refractivity contribution in [2.24, 2.45) is 0 Å². The largest absolute Gasteiger partial charge is 0.497 e. The van der Waals surface area contributed by atoms with Crippen molar-refractivity contribution >= 4 is 27.3 Å². The van der Waals surface area contributed by atoms with Crippen LogP contribution in [0.4, 0.5) is 11.4 Å². The molecule has 0 fully saturated rings. The van der Waals surface area contributed by atoms with Gasteiger partial charge in [0.1, 0.15) is 11.5 Å². The zero-order valence-electron chi connectivity index (χ0n) is 14.4. The maximum absolute atomic E-state index is 12.8. The number of sulfonamides is 1. The van der Waals surface area contributed by atoms with Crippen LogP contribution in [0.2, 0.25) is 0 Å². The first-order valence-corrected chi connectivity index (χ1v) is 8.82. The molecule has 0 bridgehead atoms. The van der Waals surface area contributed by atoms with Crippen LogP contribution < -0.4 is 19.1 Å². The number of ether oxygens (including phenoxy) is 2. The van der Waals surface area contributed by atoms with Gasteiger partial charge in [-0.3, -0.25) is 9.10 Å². The maximum Gasteiger partial charge on any atom is 0.264 e. The van der Waals surface area contributed by atoms with E-state index in [4.69, 9.17) is 9.47 Å². The highest BCUT2D eigenvalue weighted by Crippen LogP contribution is 2.34. The van der Waals surface area contributed by atoms with E-state index in [0.29, 0.717) is 22.9 Å². The Morgan fingerprint density at radius 2 is 1.68 bits per heavy atom. The van der Waals surface area contributed by atoms with Gasteiger partial charge >= 0.3 is 0 Å². The van der Waals surface area contributed by atoms with Gasteiger partial charge in [-0.25, -0.2) is 8.42 Å². The van der Waals surface area contributed by atoms with Gasteiger partial charge in [-0.05, 0) is 36.4 Å². The van der Waals surface area contributed by atoms with Crippen molar-refractivity contribution < 1.29 is 22.7 Å². The Labute approximate surface area is 147 Å². The minimum absolute atomic E-state index is 0.0990. The first-order chi connectivity index (χ1) is 11.8. The van der Waals surface area contributed by atoms with Crippen LogP contribution in [0.1, 0.15) is 6.92 Å². The second kappa shape index (κ2) is 7.43. The van der Waals surface area contributed by atoms with Crippen molar-refractivity contribution in [1.29, 1.82) is 0 Å². The molecular formula is C17H20N2O5S. The Morgan fingerprint density at radius 3 is 2.20 bits per heavy atom. The summed E-state index contributed by atoms with van der Waals surface area (Å²) in [6.07, 6.45) is 0. The molecule has 134 valence electrons. The van der Waals surface area contributed by atoms with Crippen molar-refractivity contribution in [2.45, 2.75) is 11.8 Å². The quantitative estimate of drug-likeness (QED) is 0.851. The number of benzene rings is 2. The monoisotopic (exact) mass is 364 g/mol. The Morgan fingerprint density at radius 1 is 1.04 bits per heavy atom. The van der Waals surface area contributed by atoms with E-state index in [-0.39, 0.29) is 10.8 Å². The van der Waals surface area contributed by atoms with Crippen LogP contribution in [0.25, 0.3) is 0 Å². The average Bonchev–Trinajstić information content (AvgIpc) is 2.60. The smallest absolute Gasteiger partial charge is 0.264 e. The topological polar surface area (TPSA) is 84.9 Å². The third kappa shape index (κ3) is 4.03. The molecule has 7 nitrogen and oxygen atoms in total. The van der Waals surface area contributed by atoms with E-state index in [1.54, 1.807) is 18.2 Å². The minimum Gasteiger partial charge on any atom is -0.497 e. The van der Waals surface area contributed by atoms with Crippen LogP contribution in [-0.2, 0) is 14.8 Å². The first kappa shape index (κ1) is 18.6. The predicted octanol–water partition coefficient (Wildman–Crippen LogP) is 2.49. The SMILES string of the molecule is COc1ccc(N(C)S(=O)(=O)c2ccc(NC(C)=O)cc2)c(OC)c1. The highest BCUT2D eigenvalue weighted by molar-refractivity contribution is 7.92. The molecule has 0 aliphatic carbocycles. The van der Waals surface area contributed by atoms with Crippen LogP contribution >= 0.6 is 0 Å². The third-order valence-electron chi connectivity index (χ3n) is 3.56. The van der Waals surface area contributed by atoms with E-state index in [1.165, 1.54) is 52.5 Å².